The van der Waals surface area contributed by atoms with Gasteiger partial charge in [0.15, 0.2) is 0 Å². The predicted molar refractivity (Wildman–Crippen MR) is 46.4 cm³/mol. The van der Waals surface area contributed by atoms with E-state index >= 15 is 0 Å². The molecule has 0 saturated carbocycles. The third-order valence-corrected chi connectivity index (χ3v) is 1.58. The molecule has 1 heterocycles. The van der Waals surface area contributed by atoms with E-state index in [9.17, 15) is 0 Å². The first-order valence-corrected chi connectivity index (χ1v) is 4.34. The molecule has 0 saturated heterocycles. The summed E-state index contributed by atoms with van der Waals surface area (Å²) < 4.78 is 2.97. The third-order valence-electron chi connectivity index (χ3n) is 0.929. The Kier molecular flexibility index (Phi) is 2.83. The van der Waals surface area contributed by atoms with Crippen molar-refractivity contribution < 1.29 is 0 Å². The van der Waals surface area contributed by atoms with Gasteiger partial charge in [0.2, 0.25) is 0 Å². The second-order valence-electron chi connectivity index (χ2n) is 1.67. The van der Waals surface area contributed by atoms with E-state index in [1.54, 1.807) is 18.3 Å². The molecule has 2 nitrogen and oxygen atoms in total. The van der Waals surface area contributed by atoms with Gasteiger partial charge >= 0.3 is 0 Å². The fourth-order valence-electron chi connectivity index (χ4n) is 0.565. The summed E-state index contributed by atoms with van der Waals surface area (Å²) in [7, 11) is 0. The molecule has 0 atom stereocenters. The zero-order valence-electron chi connectivity index (χ0n) is 5.47. The minimum atomic E-state index is 0.701. The first kappa shape index (κ1) is 7.69. The Morgan fingerprint density at radius 1 is 1.70 bits per heavy atom. The van der Waals surface area contributed by atoms with Gasteiger partial charge in [-0.1, -0.05) is 23.5 Å². The fourth-order valence-corrected chi connectivity index (χ4v) is 1.05. The third kappa shape index (κ3) is 2.08. The van der Waals surface area contributed by atoms with Crippen LogP contribution >= 0.6 is 23.5 Å². The van der Waals surface area contributed by atoms with Gasteiger partial charge < -0.3 is 4.72 Å². The number of nitrogens with one attached hydrogen (secondary N) is 1. The minimum absolute atomic E-state index is 0.701. The van der Waals surface area contributed by atoms with Crippen molar-refractivity contribution in [3.8, 4) is 0 Å². The Hall–Kier alpha value is -0.410. The van der Waals surface area contributed by atoms with Crippen LogP contribution in [0.2, 0.25) is 5.02 Å². The van der Waals surface area contributed by atoms with Gasteiger partial charge in [-0.25, -0.2) is 4.98 Å². The van der Waals surface area contributed by atoms with E-state index in [4.69, 9.17) is 11.6 Å². The highest BCUT2D eigenvalue weighted by Gasteiger charge is 1.90. The maximum atomic E-state index is 5.69. The highest BCUT2D eigenvalue weighted by atomic mass is 35.5. The van der Waals surface area contributed by atoms with Crippen molar-refractivity contribution in [1.29, 1.82) is 0 Å². The number of hydrogen-bond acceptors (Lipinski definition) is 3. The normalized spacial score (nSPS) is 9.40. The molecule has 0 aliphatic rings. The molecular formula is C6H7ClN2S. The summed E-state index contributed by atoms with van der Waals surface area (Å²) >= 11 is 7.18. The molecule has 1 rings (SSSR count). The van der Waals surface area contributed by atoms with E-state index in [2.05, 4.69) is 9.71 Å². The zero-order valence-corrected chi connectivity index (χ0v) is 7.04. The van der Waals surface area contributed by atoms with Crippen LogP contribution in [0.3, 0.4) is 0 Å². The van der Waals surface area contributed by atoms with Gasteiger partial charge in [-0.2, -0.15) is 0 Å². The molecule has 0 aliphatic heterocycles. The molecule has 0 bridgehead atoms. The van der Waals surface area contributed by atoms with Crippen LogP contribution in [0.4, 0.5) is 5.82 Å². The monoisotopic (exact) mass is 174 g/mol. The Morgan fingerprint density at radius 2 is 2.50 bits per heavy atom. The van der Waals surface area contributed by atoms with Crippen LogP contribution in [0.25, 0.3) is 0 Å². The largest absolute Gasteiger partial charge is 0.315 e. The van der Waals surface area contributed by atoms with Gasteiger partial charge in [-0.3, -0.25) is 0 Å². The molecule has 0 radical (unpaired) electrons. The van der Waals surface area contributed by atoms with E-state index in [1.807, 2.05) is 6.26 Å². The Labute approximate surface area is 69.1 Å². The quantitative estimate of drug-likeness (QED) is 0.698. The van der Waals surface area contributed by atoms with Crippen molar-refractivity contribution in [2.45, 2.75) is 0 Å². The topological polar surface area (TPSA) is 24.9 Å². The van der Waals surface area contributed by atoms with E-state index in [0.29, 0.717) is 5.02 Å². The molecular weight excluding hydrogens is 168 g/mol. The van der Waals surface area contributed by atoms with Gasteiger partial charge in [-0.15, -0.1) is 0 Å². The lowest BCUT2D eigenvalue weighted by molar-refractivity contribution is 1.34. The molecule has 1 aromatic heterocycles. The SMILES string of the molecule is CSNc1cc(Cl)ccn1. The number of hydrogen-bond donors (Lipinski definition) is 1. The fraction of sp³-hybridized carbons (Fsp3) is 0.167. The molecule has 0 aromatic carbocycles. The number of anilines is 1. The predicted octanol–water partition coefficient (Wildman–Crippen LogP) is 2.42. The molecule has 0 amide bonds. The van der Waals surface area contributed by atoms with E-state index in [0.717, 1.165) is 5.82 Å². The number of aromatic nitrogens is 1. The van der Waals surface area contributed by atoms with Crippen LogP contribution in [0.15, 0.2) is 18.3 Å². The molecule has 4 heteroatoms. The van der Waals surface area contributed by atoms with Gasteiger partial charge in [0.05, 0.1) is 0 Å². The number of rotatable bonds is 2. The first-order valence-electron chi connectivity index (χ1n) is 2.73. The lowest BCUT2D eigenvalue weighted by atomic mass is 10.5. The molecule has 54 valence electrons. The van der Waals surface area contributed by atoms with Crippen LogP contribution in [-0.4, -0.2) is 11.2 Å². The van der Waals surface area contributed by atoms with Crippen molar-refractivity contribution >= 4 is 29.4 Å². The molecule has 0 unspecified atom stereocenters. The number of pyridine rings is 1. The Morgan fingerprint density at radius 3 is 3.10 bits per heavy atom. The highest BCUT2D eigenvalue weighted by Crippen LogP contribution is 2.13. The summed E-state index contributed by atoms with van der Waals surface area (Å²) in [6.45, 7) is 0. The smallest absolute Gasteiger partial charge is 0.137 e. The van der Waals surface area contributed by atoms with E-state index in [1.165, 1.54) is 11.9 Å². The van der Waals surface area contributed by atoms with Gasteiger partial charge in [0.25, 0.3) is 0 Å². The summed E-state index contributed by atoms with van der Waals surface area (Å²) in [6, 6.07) is 3.52. The zero-order chi connectivity index (χ0) is 7.40. The summed E-state index contributed by atoms with van der Waals surface area (Å²) in [5.74, 6) is 0.792. The van der Waals surface area contributed by atoms with Crippen LogP contribution in [-0.2, 0) is 0 Å². The van der Waals surface area contributed by atoms with Crippen LogP contribution in [0.5, 0.6) is 0 Å². The molecule has 0 fully saturated rings. The van der Waals surface area contributed by atoms with Gasteiger partial charge in [0, 0.05) is 17.5 Å². The molecule has 0 aliphatic carbocycles. The lowest BCUT2D eigenvalue weighted by Crippen LogP contribution is -1.86. The number of nitrogens with zero attached hydrogens (tertiary/aromatic N) is 1. The van der Waals surface area contributed by atoms with Gasteiger partial charge in [-0.05, 0) is 12.1 Å². The van der Waals surface area contributed by atoms with Gasteiger partial charge in [0.1, 0.15) is 5.82 Å². The van der Waals surface area contributed by atoms with Crippen molar-refractivity contribution in [3.63, 3.8) is 0 Å². The summed E-state index contributed by atoms with van der Waals surface area (Å²) in [4.78, 5) is 4.01. The first-order chi connectivity index (χ1) is 4.83. The highest BCUT2D eigenvalue weighted by molar-refractivity contribution is 7.99. The van der Waals surface area contributed by atoms with E-state index in [-0.39, 0.29) is 0 Å². The van der Waals surface area contributed by atoms with Crippen molar-refractivity contribution in [2.75, 3.05) is 11.0 Å². The molecule has 0 spiro atoms. The average Bonchev–Trinajstić information content (AvgIpc) is 1.88. The average molecular weight is 175 g/mol. The van der Waals surface area contributed by atoms with Crippen molar-refractivity contribution in [1.82, 2.24) is 4.98 Å². The molecule has 10 heavy (non-hydrogen) atoms. The lowest BCUT2D eigenvalue weighted by Gasteiger charge is -1.98. The second kappa shape index (κ2) is 3.68. The maximum Gasteiger partial charge on any atom is 0.137 e. The molecule has 1 N–H and O–H groups in total. The van der Waals surface area contributed by atoms with Crippen LogP contribution in [0, 0.1) is 0 Å². The van der Waals surface area contributed by atoms with Crippen molar-refractivity contribution in [2.24, 2.45) is 0 Å². The Bertz CT molecular complexity index is 217. The Balaban J connectivity index is 2.75. The molecule has 1 aromatic rings. The van der Waals surface area contributed by atoms with Crippen molar-refractivity contribution in [3.05, 3.63) is 23.4 Å². The summed E-state index contributed by atoms with van der Waals surface area (Å²) in [5.41, 5.74) is 0. The summed E-state index contributed by atoms with van der Waals surface area (Å²) in [6.07, 6.45) is 3.60. The van der Waals surface area contributed by atoms with E-state index < -0.39 is 0 Å². The van der Waals surface area contributed by atoms with Crippen LogP contribution < -0.4 is 4.72 Å². The van der Waals surface area contributed by atoms with Crippen LogP contribution in [0.1, 0.15) is 0 Å². The minimum Gasteiger partial charge on any atom is -0.315 e. The standard InChI is InChI=1S/C6H7ClN2S/c1-10-9-6-4-5(7)2-3-8-6/h2-4H,1H3,(H,8,9). The second-order valence-corrected chi connectivity index (χ2v) is 2.71. The summed E-state index contributed by atoms with van der Waals surface area (Å²) in [5, 5.41) is 0.701. The number of halogens is 1. The maximum absolute atomic E-state index is 5.69.